The predicted octanol–water partition coefficient (Wildman–Crippen LogP) is 5.05. The first-order valence-electron chi connectivity index (χ1n) is 11.8. The van der Waals surface area contributed by atoms with E-state index in [1.54, 1.807) is 12.3 Å². The van der Waals surface area contributed by atoms with Gasteiger partial charge in [0.1, 0.15) is 5.69 Å². The molecule has 0 spiro atoms. The van der Waals surface area contributed by atoms with Gasteiger partial charge in [0.25, 0.3) is 5.91 Å². The Kier molecular flexibility index (Phi) is 6.72. The number of carbonyl (C=O) groups is 1. The van der Waals surface area contributed by atoms with E-state index in [9.17, 15) is 4.79 Å². The van der Waals surface area contributed by atoms with Crippen molar-refractivity contribution >= 4 is 28.3 Å². The number of benzene rings is 2. The Balaban J connectivity index is 1.30. The molecule has 8 nitrogen and oxygen atoms in total. The predicted molar refractivity (Wildman–Crippen MR) is 137 cm³/mol. The molecule has 0 radical (unpaired) electrons. The lowest BCUT2D eigenvalue weighted by Gasteiger charge is -2.23. The summed E-state index contributed by atoms with van der Waals surface area (Å²) in [6.45, 7) is 2.41. The molecule has 0 saturated carbocycles. The van der Waals surface area contributed by atoms with Crippen LogP contribution in [0.1, 0.15) is 28.8 Å². The van der Waals surface area contributed by atoms with Gasteiger partial charge < -0.3 is 16.0 Å². The van der Waals surface area contributed by atoms with E-state index in [1.165, 1.54) is 0 Å². The quantitative estimate of drug-likeness (QED) is 0.285. The minimum Gasteiger partial charge on any atom is -0.364 e. The summed E-state index contributed by atoms with van der Waals surface area (Å²) in [7, 11) is 0. The lowest BCUT2D eigenvalue weighted by molar-refractivity contribution is 0.0929. The highest BCUT2D eigenvalue weighted by molar-refractivity contribution is 5.94. The number of rotatable bonds is 7. The fourth-order valence-electron chi connectivity index (χ4n) is 4.28. The average Bonchev–Trinajstić information content (AvgIpc) is 2.92. The van der Waals surface area contributed by atoms with Gasteiger partial charge in [0.05, 0.1) is 11.2 Å². The third-order valence-corrected chi connectivity index (χ3v) is 6.24. The van der Waals surface area contributed by atoms with Crippen LogP contribution >= 0.6 is 0 Å². The maximum absolute atomic E-state index is 12.6. The number of pyridine rings is 2. The number of nitrogens with one attached hydrogen (secondary N) is 4. The Hall–Kier alpha value is -4.17. The topological polar surface area (TPSA) is 115 Å². The van der Waals surface area contributed by atoms with Crippen molar-refractivity contribution in [1.29, 1.82) is 5.53 Å². The molecule has 0 atom stereocenters. The molecule has 2 aromatic heterocycles. The van der Waals surface area contributed by atoms with Crippen LogP contribution in [-0.4, -0.2) is 35.0 Å². The Labute approximate surface area is 203 Å². The number of anilines is 1. The number of carbonyl (C=O) groups excluding carboxylic acids is 1. The van der Waals surface area contributed by atoms with Crippen LogP contribution in [0.25, 0.3) is 22.2 Å². The van der Waals surface area contributed by atoms with E-state index in [1.807, 2.05) is 54.6 Å². The van der Waals surface area contributed by atoms with Crippen LogP contribution in [0, 0.1) is 5.53 Å². The third-order valence-electron chi connectivity index (χ3n) is 6.24. The van der Waals surface area contributed by atoms with Crippen molar-refractivity contribution in [2.24, 2.45) is 5.11 Å². The second-order valence-electron chi connectivity index (χ2n) is 8.64. The van der Waals surface area contributed by atoms with E-state index in [0.717, 1.165) is 53.7 Å². The maximum Gasteiger partial charge on any atom is 0.251 e. The first kappa shape index (κ1) is 22.6. The van der Waals surface area contributed by atoms with Crippen molar-refractivity contribution in [3.05, 3.63) is 84.1 Å². The molecule has 5 rings (SSSR count). The van der Waals surface area contributed by atoms with Crippen LogP contribution in [0.2, 0.25) is 0 Å². The molecule has 1 fully saturated rings. The zero-order valence-electron chi connectivity index (χ0n) is 19.3. The molecule has 2 aromatic carbocycles. The van der Waals surface area contributed by atoms with Gasteiger partial charge in [0.2, 0.25) is 0 Å². The highest BCUT2D eigenvalue weighted by Gasteiger charge is 2.16. The normalized spacial score (nSPS) is 13.9. The third kappa shape index (κ3) is 5.33. The molecule has 0 bridgehead atoms. The van der Waals surface area contributed by atoms with E-state index >= 15 is 0 Å². The van der Waals surface area contributed by atoms with E-state index in [-0.39, 0.29) is 11.9 Å². The van der Waals surface area contributed by atoms with Gasteiger partial charge in [-0.05, 0) is 74.0 Å². The average molecular weight is 466 g/mol. The van der Waals surface area contributed by atoms with E-state index in [0.29, 0.717) is 23.6 Å². The first-order chi connectivity index (χ1) is 17.2. The van der Waals surface area contributed by atoms with Crippen molar-refractivity contribution in [2.75, 3.05) is 18.4 Å². The van der Waals surface area contributed by atoms with Crippen LogP contribution in [0.15, 0.2) is 78.0 Å². The smallest absolute Gasteiger partial charge is 0.251 e. The monoisotopic (exact) mass is 465 g/mol. The molecule has 3 heterocycles. The molecule has 8 heteroatoms. The van der Waals surface area contributed by atoms with Gasteiger partial charge >= 0.3 is 0 Å². The molecule has 0 unspecified atom stereocenters. The van der Waals surface area contributed by atoms with E-state index in [4.69, 9.17) is 10.5 Å². The summed E-state index contributed by atoms with van der Waals surface area (Å²) in [6.07, 6.45) is 3.69. The van der Waals surface area contributed by atoms with Gasteiger partial charge in [0, 0.05) is 35.3 Å². The Bertz CT molecular complexity index is 1350. The van der Waals surface area contributed by atoms with Crippen molar-refractivity contribution in [2.45, 2.75) is 25.4 Å². The maximum atomic E-state index is 12.6. The van der Waals surface area contributed by atoms with Gasteiger partial charge in [-0.3, -0.25) is 9.78 Å². The number of piperidine rings is 1. The van der Waals surface area contributed by atoms with Crippen molar-refractivity contribution in [3.63, 3.8) is 0 Å². The van der Waals surface area contributed by atoms with Crippen LogP contribution in [0.5, 0.6) is 0 Å². The standard InChI is InChI=1S/C27H27N7O/c28-34-25-10-9-24(19-4-6-20(7-5-19)27(35)32-22-11-14-29-15-12-22)33-26(25)31-17-18-3-8-23-21(16-18)2-1-13-30-23/h1-10,13,16,22,28-29H,11-12,14-15,17H2,(H,31,33)(H,32,35). The fourth-order valence-corrected chi connectivity index (χ4v) is 4.28. The molecule has 4 N–H and O–H groups in total. The van der Waals surface area contributed by atoms with Gasteiger partial charge in [-0.25, -0.2) is 10.5 Å². The highest BCUT2D eigenvalue weighted by Crippen LogP contribution is 2.28. The van der Waals surface area contributed by atoms with Crippen molar-refractivity contribution in [1.82, 2.24) is 20.6 Å². The number of fused-ring (bicyclic) bond motifs is 1. The summed E-state index contributed by atoms with van der Waals surface area (Å²) < 4.78 is 0. The number of amides is 1. The minimum atomic E-state index is -0.0484. The van der Waals surface area contributed by atoms with Crippen molar-refractivity contribution in [3.8, 4) is 11.3 Å². The Morgan fingerprint density at radius 1 is 1.06 bits per heavy atom. The molecule has 4 aromatic rings. The zero-order chi connectivity index (χ0) is 24.0. The summed E-state index contributed by atoms with van der Waals surface area (Å²) in [5.74, 6) is 0.490. The molecular formula is C27H27N7O. The highest BCUT2D eigenvalue weighted by atomic mass is 16.1. The fraction of sp³-hybridized carbons (Fsp3) is 0.222. The van der Waals surface area contributed by atoms with E-state index < -0.39 is 0 Å². The number of hydrogen-bond donors (Lipinski definition) is 4. The van der Waals surface area contributed by atoms with Gasteiger partial charge in [-0.1, -0.05) is 24.3 Å². The Morgan fingerprint density at radius 2 is 1.89 bits per heavy atom. The minimum absolute atomic E-state index is 0.0484. The summed E-state index contributed by atoms with van der Waals surface area (Å²) >= 11 is 0. The molecule has 176 valence electrons. The molecule has 1 aliphatic heterocycles. The number of hydrogen-bond acceptors (Lipinski definition) is 7. The lowest BCUT2D eigenvalue weighted by atomic mass is 10.0. The van der Waals surface area contributed by atoms with Crippen molar-refractivity contribution < 1.29 is 4.79 Å². The molecule has 1 aliphatic rings. The molecular weight excluding hydrogens is 438 g/mol. The van der Waals surface area contributed by atoms with Gasteiger partial charge in [-0.15, -0.1) is 0 Å². The molecule has 1 saturated heterocycles. The summed E-state index contributed by atoms with van der Waals surface area (Å²) in [5, 5.41) is 14.4. The summed E-state index contributed by atoms with van der Waals surface area (Å²) in [5.41, 5.74) is 12.3. The number of aromatic nitrogens is 2. The number of nitrogens with zero attached hydrogens (tertiary/aromatic N) is 3. The van der Waals surface area contributed by atoms with Crippen LogP contribution in [-0.2, 0) is 6.54 Å². The second kappa shape index (κ2) is 10.4. The lowest BCUT2D eigenvalue weighted by Crippen LogP contribution is -2.42. The summed E-state index contributed by atoms with van der Waals surface area (Å²) in [6, 6.07) is 21.3. The SMILES string of the molecule is N=Nc1ccc(-c2ccc(C(=O)NC3CCNCC3)cc2)nc1NCc1ccc2ncccc2c1. The largest absolute Gasteiger partial charge is 0.364 e. The summed E-state index contributed by atoms with van der Waals surface area (Å²) in [4.78, 5) is 21.7. The Morgan fingerprint density at radius 3 is 2.69 bits per heavy atom. The first-order valence-corrected chi connectivity index (χ1v) is 11.8. The zero-order valence-corrected chi connectivity index (χ0v) is 19.3. The van der Waals surface area contributed by atoms with Gasteiger partial charge in [-0.2, -0.15) is 5.11 Å². The second-order valence-corrected chi connectivity index (χ2v) is 8.64. The van der Waals surface area contributed by atoms with E-state index in [2.05, 4.69) is 32.1 Å². The molecule has 35 heavy (non-hydrogen) atoms. The molecule has 1 amide bonds. The molecule has 0 aliphatic carbocycles. The van der Waals surface area contributed by atoms with Crippen LogP contribution in [0.3, 0.4) is 0 Å². The van der Waals surface area contributed by atoms with Gasteiger partial charge in [0.15, 0.2) is 5.82 Å². The van der Waals surface area contributed by atoms with Crippen LogP contribution in [0.4, 0.5) is 11.5 Å². The van der Waals surface area contributed by atoms with Crippen LogP contribution < -0.4 is 16.0 Å².